The molecule has 1 unspecified atom stereocenters. The summed E-state index contributed by atoms with van der Waals surface area (Å²) in [6.45, 7) is 2.56. The maximum atomic E-state index is 12.7. The third kappa shape index (κ3) is 3.17. The molecule has 1 N–H and O–H groups in total. The number of hydrogen-bond donors (Lipinski definition) is 1. The van der Waals surface area contributed by atoms with E-state index in [1.54, 1.807) is 23.1 Å². The summed E-state index contributed by atoms with van der Waals surface area (Å²) in [7, 11) is 1.95. The van der Waals surface area contributed by atoms with Crippen molar-refractivity contribution in [2.45, 2.75) is 12.8 Å². The Morgan fingerprint density at radius 3 is 3.14 bits per heavy atom. The molecule has 0 radical (unpaired) electrons. The van der Waals surface area contributed by atoms with Gasteiger partial charge in [0.1, 0.15) is 5.69 Å². The molecule has 1 saturated heterocycles. The molecule has 1 amide bonds. The number of piperidine rings is 1. The highest BCUT2D eigenvalue weighted by Gasteiger charge is 2.25. The summed E-state index contributed by atoms with van der Waals surface area (Å²) in [6.07, 6.45) is 7.46. The van der Waals surface area contributed by atoms with E-state index < -0.39 is 0 Å². The van der Waals surface area contributed by atoms with Crippen molar-refractivity contribution in [2.75, 3.05) is 26.7 Å². The van der Waals surface area contributed by atoms with E-state index in [4.69, 9.17) is 0 Å². The normalized spacial score (nSPS) is 18.4. The van der Waals surface area contributed by atoms with Gasteiger partial charge in [0.05, 0.1) is 5.69 Å². The lowest BCUT2D eigenvalue weighted by atomic mass is 9.98. The third-order valence-corrected chi connectivity index (χ3v) is 4.03. The molecule has 2 aromatic heterocycles. The van der Waals surface area contributed by atoms with E-state index in [-0.39, 0.29) is 5.91 Å². The topological polar surface area (TPSA) is 63.1 Å². The SMILES string of the molecule is CNCC1CCCN(C(=O)c2cc(-n3cccn3)ccn2)C1. The van der Waals surface area contributed by atoms with Crippen LogP contribution in [0.1, 0.15) is 23.3 Å². The van der Waals surface area contributed by atoms with E-state index in [1.165, 1.54) is 6.42 Å². The van der Waals surface area contributed by atoms with Gasteiger partial charge >= 0.3 is 0 Å². The molecule has 0 bridgehead atoms. The first-order chi connectivity index (χ1) is 10.8. The van der Waals surface area contributed by atoms with Crippen molar-refractivity contribution in [3.63, 3.8) is 0 Å². The number of aromatic nitrogens is 3. The molecule has 1 aliphatic rings. The molecule has 22 heavy (non-hydrogen) atoms. The van der Waals surface area contributed by atoms with Crippen LogP contribution in [0.2, 0.25) is 0 Å². The Labute approximate surface area is 130 Å². The van der Waals surface area contributed by atoms with Gasteiger partial charge in [0.15, 0.2) is 0 Å². The first-order valence-electron chi connectivity index (χ1n) is 7.68. The first-order valence-corrected chi connectivity index (χ1v) is 7.68. The van der Waals surface area contributed by atoms with E-state index in [9.17, 15) is 4.79 Å². The molecule has 1 fully saturated rings. The number of carbonyl (C=O) groups excluding carboxylic acids is 1. The lowest BCUT2D eigenvalue weighted by molar-refractivity contribution is 0.0668. The molecular weight excluding hydrogens is 278 g/mol. The van der Waals surface area contributed by atoms with Crippen LogP contribution in [-0.2, 0) is 0 Å². The van der Waals surface area contributed by atoms with Crippen LogP contribution in [0.5, 0.6) is 0 Å². The Balaban J connectivity index is 1.76. The summed E-state index contributed by atoms with van der Waals surface area (Å²) in [5.74, 6) is 0.534. The number of nitrogens with one attached hydrogen (secondary N) is 1. The molecule has 0 saturated carbocycles. The van der Waals surface area contributed by atoms with Crippen LogP contribution in [-0.4, -0.2) is 52.3 Å². The smallest absolute Gasteiger partial charge is 0.272 e. The quantitative estimate of drug-likeness (QED) is 0.925. The zero-order chi connectivity index (χ0) is 15.4. The van der Waals surface area contributed by atoms with Gasteiger partial charge < -0.3 is 10.2 Å². The second-order valence-corrected chi connectivity index (χ2v) is 5.67. The van der Waals surface area contributed by atoms with Gasteiger partial charge in [-0.15, -0.1) is 0 Å². The van der Waals surface area contributed by atoms with Gasteiger partial charge in [-0.05, 0) is 50.6 Å². The number of carbonyl (C=O) groups is 1. The average Bonchev–Trinajstić information content (AvgIpc) is 3.09. The van der Waals surface area contributed by atoms with Crippen molar-refractivity contribution < 1.29 is 4.79 Å². The van der Waals surface area contributed by atoms with E-state index in [1.807, 2.05) is 30.3 Å². The third-order valence-electron chi connectivity index (χ3n) is 4.03. The largest absolute Gasteiger partial charge is 0.337 e. The van der Waals surface area contributed by atoms with Gasteiger partial charge in [0.25, 0.3) is 5.91 Å². The Hall–Kier alpha value is -2.21. The highest BCUT2D eigenvalue weighted by molar-refractivity contribution is 5.92. The lowest BCUT2D eigenvalue weighted by Gasteiger charge is -2.32. The van der Waals surface area contributed by atoms with Crippen molar-refractivity contribution in [2.24, 2.45) is 5.92 Å². The predicted octanol–water partition coefficient (Wildman–Crippen LogP) is 1.34. The van der Waals surface area contributed by atoms with Gasteiger partial charge in [0, 0.05) is 31.7 Å². The summed E-state index contributed by atoms with van der Waals surface area (Å²) in [6, 6.07) is 5.51. The molecule has 6 heteroatoms. The van der Waals surface area contributed by atoms with Gasteiger partial charge in [0.2, 0.25) is 0 Å². The molecule has 1 aliphatic heterocycles. The van der Waals surface area contributed by atoms with E-state index >= 15 is 0 Å². The van der Waals surface area contributed by atoms with Gasteiger partial charge in [-0.3, -0.25) is 9.78 Å². The minimum atomic E-state index is 0.00908. The molecule has 6 nitrogen and oxygen atoms in total. The Morgan fingerprint density at radius 1 is 1.45 bits per heavy atom. The zero-order valence-electron chi connectivity index (χ0n) is 12.8. The fourth-order valence-corrected chi connectivity index (χ4v) is 2.97. The Morgan fingerprint density at radius 2 is 2.36 bits per heavy atom. The van der Waals surface area contributed by atoms with E-state index in [0.717, 1.165) is 31.7 Å². The molecule has 0 spiro atoms. The van der Waals surface area contributed by atoms with Crippen molar-refractivity contribution >= 4 is 5.91 Å². The van der Waals surface area contributed by atoms with E-state index in [2.05, 4.69) is 15.4 Å². The zero-order valence-corrected chi connectivity index (χ0v) is 12.8. The average molecular weight is 299 g/mol. The van der Waals surface area contributed by atoms with Crippen LogP contribution in [0.3, 0.4) is 0 Å². The minimum Gasteiger partial charge on any atom is -0.337 e. The van der Waals surface area contributed by atoms with Gasteiger partial charge in [-0.25, -0.2) is 4.68 Å². The standard InChI is InChI=1S/C16H21N5O/c1-17-11-13-4-2-8-20(12-13)16(22)15-10-14(5-7-18-15)21-9-3-6-19-21/h3,5-7,9-10,13,17H,2,4,8,11-12H2,1H3. The Bertz CT molecular complexity index is 623. The molecule has 0 aromatic carbocycles. The fraction of sp³-hybridized carbons (Fsp3) is 0.438. The maximum Gasteiger partial charge on any atom is 0.272 e. The second-order valence-electron chi connectivity index (χ2n) is 5.67. The van der Waals surface area contributed by atoms with Crippen LogP contribution in [0.25, 0.3) is 5.69 Å². The van der Waals surface area contributed by atoms with Crippen LogP contribution < -0.4 is 5.32 Å². The van der Waals surface area contributed by atoms with Crippen molar-refractivity contribution in [1.29, 1.82) is 0 Å². The first kappa shape index (κ1) is 14.7. The molecule has 0 aliphatic carbocycles. The molecule has 2 aromatic rings. The minimum absolute atomic E-state index is 0.00908. The molecular formula is C16H21N5O. The second kappa shape index (κ2) is 6.70. The van der Waals surface area contributed by atoms with Crippen LogP contribution in [0, 0.1) is 5.92 Å². The van der Waals surface area contributed by atoms with Crippen molar-refractivity contribution in [3.8, 4) is 5.69 Å². The van der Waals surface area contributed by atoms with Crippen LogP contribution >= 0.6 is 0 Å². The lowest BCUT2D eigenvalue weighted by Crippen LogP contribution is -2.42. The number of hydrogen-bond acceptors (Lipinski definition) is 4. The van der Waals surface area contributed by atoms with Gasteiger partial charge in [-0.2, -0.15) is 5.10 Å². The molecule has 116 valence electrons. The Kier molecular flexibility index (Phi) is 4.48. The number of likely N-dealkylation sites (tertiary alicyclic amines) is 1. The number of nitrogens with zero attached hydrogens (tertiary/aromatic N) is 4. The summed E-state index contributed by atoms with van der Waals surface area (Å²) in [5, 5.41) is 7.39. The number of pyridine rings is 1. The molecule has 3 heterocycles. The molecule has 3 rings (SSSR count). The highest BCUT2D eigenvalue weighted by atomic mass is 16.2. The summed E-state index contributed by atoms with van der Waals surface area (Å²) < 4.78 is 1.73. The van der Waals surface area contributed by atoms with Crippen LogP contribution in [0.15, 0.2) is 36.8 Å². The maximum absolute atomic E-state index is 12.7. The fourth-order valence-electron chi connectivity index (χ4n) is 2.97. The number of rotatable bonds is 4. The van der Waals surface area contributed by atoms with E-state index in [0.29, 0.717) is 11.6 Å². The molecule has 1 atom stereocenters. The number of amides is 1. The monoisotopic (exact) mass is 299 g/mol. The highest BCUT2D eigenvalue weighted by Crippen LogP contribution is 2.18. The van der Waals surface area contributed by atoms with Crippen molar-refractivity contribution in [1.82, 2.24) is 25.0 Å². The predicted molar refractivity (Wildman–Crippen MR) is 83.9 cm³/mol. The van der Waals surface area contributed by atoms with Crippen molar-refractivity contribution in [3.05, 3.63) is 42.5 Å². The van der Waals surface area contributed by atoms with Gasteiger partial charge in [-0.1, -0.05) is 0 Å². The summed E-state index contributed by atoms with van der Waals surface area (Å²) in [4.78, 5) is 18.8. The summed E-state index contributed by atoms with van der Waals surface area (Å²) >= 11 is 0. The summed E-state index contributed by atoms with van der Waals surface area (Å²) in [5.41, 5.74) is 1.34. The van der Waals surface area contributed by atoms with Crippen LogP contribution in [0.4, 0.5) is 0 Å².